The second kappa shape index (κ2) is 8.18. The van der Waals surface area contributed by atoms with Crippen LogP contribution in [-0.2, 0) is 11.3 Å². The molecule has 0 amide bonds. The van der Waals surface area contributed by atoms with Gasteiger partial charge >= 0.3 is 0 Å². The second-order valence-corrected chi connectivity index (χ2v) is 6.48. The van der Waals surface area contributed by atoms with E-state index in [-0.39, 0.29) is 26.2 Å². The lowest BCUT2D eigenvalue weighted by Crippen LogP contribution is -2.37. The number of nitrogen functional groups attached to an aromatic ring is 1. The zero-order valence-corrected chi connectivity index (χ0v) is 14.7. The van der Waals surface area contributed by atoms with Crippen molar-refractivity contribution in [1.82, 2.24) is 14.5 Å². The summed E-state index contributed by atoms with van der Waals surface area (Å²) in [4.78, 5) is 8.22. The van der Waals surface area contributed by atoms with Crippen LogP contribution in [0.3, 0.4) is 0 Å². The summed E-state index contributed by atoms with van der Waals surface area (Å²) in [5.74, 6) is 0.412. The number of ether oxygens (including phenoxy) is 1. The third-order valence-corrected chi connectivity index (χ3v) is 4.44. The summed E-state index contributed by atoms with van der Waals surface area (Å²) in [5, 5.41) is 20.5. The Kier molecular flexibility index (Phi) is 6.50. The van der Waals surface area contributed by atoms with Crippen LogP contribution in [0.5, 0.6) is 0 Å². The maximum absolute atomic E-state index is 12.1. The first-order valence-electron chi connectivity index (χ1n) is 7.22. The molecule has 0 aliphatic rings. The van der Waals surface area contributed by atoms with Crippen molar-refractivity contribution in [2.45, 2.75) is 25.0 Å². The molecule has 2 aromatic heterocycles. The minimum atomic E-state index is -1.22. The fourth-order valence-electron chi connectivity index (χ4n) is 2.39. The first-order valence-corrected chi connectivity index (χ1v) is 8.30. The molecule has 1 atom stereocenters. The topological polar surface area (TPSA) is 106 Å². The minimum Gasteiger partial charge on any atom is -0.396 e. The van der Waals surface area contributed by atoms with E-state index in [4.69, 9.17) is 15.6 Å². The van der Waals surface area contributed by atoms with E-state index in [1.165, 1.54) is 6.33 Å². The number of aliphatic hydroxyl groups is 2. The van der Waals surface area contributed by atoms with Gasteiger partial charge in [0, 0.05) is 29.3 Å². The van der Waals surface area contributed by atoms with Crippen molar-refractivity contribution in [1.29, 1.82) is 0 Å². The molecule has 0 radical (unpaired) electrons. The highest BCUT2D eigenvalue weighted by molar-refractivity contribution is 14.1. The van der Waals surface area contributed by atoms with E-state index in [0.29, 0.717) is 24.4 Å². The minimum absolute atomic E-state index is 0.0229. The number of aromatic nitrogens is 3. The number of nitrogens with two attached hydrogens (primary N) is 1. The summed E-state index contributed by atoms with van der Waals surface area (Å²) < 4.78 is 20.0. The van der Waals surface area contributed by atoms with Gasteiger partial charge in [-0.25, -0.2) is 14.4 Å². The molecule has 9 heteroatoms. The quantitative estimate of drug-likeness (QED) is 0.400. The molecule has 2 heterocycles. The van der Waals surface area contributed by atoms with Crippen molar-refractivity contribution in [2.24, 2.45) is 0 Å². The number of aryl methyl sites for hydroxylation is 1. The predicted octanol–water partition coefficient (Wildman–Crippen LogP) is 1.11. The van der Waals surface area contributed by atoms with E-state index in [1.807, 2.05) is 10.8 Å². The Morgan fingerprint density at radius 1 is 1.39 bits per heavy atom. The van der Waals surface area contributed by atoms with Gasteiger partial charge in [0.15, 0.2) is 0 Å². The van der Waals surface area contributed by atoms with Gasteiger partial charge in [0.1, 0.15) is 24.5 Å². The molecule has 7 nitrogen and oxygen atoms in total. The highest BCUT2D eigenvalue weighted by Gasteiger charge is 2.27. The average Bonchev–Trinajstić information content (AvgIpc) is 2.84. The second-order valence-electron chi connectivity index (χ2n) is 5.32. The molecule has 0 aliphatic heterocycles. The van der Waals surface area contributed by atoms with Gasteiger partial charge in [0.05, 0.1) is 24.2 Å². The maximum atomic E-state index is 12.1. The van der Waals surface area contributed by atoms with E-state index >= 15 is 0 Å². The molecule has 0 saturated carbocycles. The van der Waals surface area contributed by atoms with Gasteiger partial charge in [0.25, 0.3) is 0 Å². The van der Waals surface area contributed by atoms with Crippen molar-refractivity contribution >= 4 is 39.4 Å². The van der Waals surface area contributed by atoms with E-state index in [0.717, 1.165) is 8.96 Å². The van der Waals surface area contributed by atoms with Crippen LogP contribution in [0.15, 0.2) is 12.5 Å². The first-order chi connectivity index (χ1) is 11.0. The van der Waals surface area contributed by atoms with Gasteiger partial charge in [-0.2, -0.15) is 0 Å². The largest absolute Gasteiger partial charge is 0.396 e. The summed E-state index contributed by atoms with van der Waals surface area (Å²) in [6.45, 7) is -0.404. The molecule has 128 valence electrons. The Morgan fingerprint density at radius 3 is 2.87 bits per heavy atom. The van der Waals surface area contributed by atoms with Crippen LogP contribution in [0.25, 0.3) is 11.0 Å². The molecule has 4 N–H and O–H groups in total. The molecule has 0 bridgehead atoms. The fraction of sp³-hybridized carbons (Fsp3) is 0.571. The Balaban J connectivity index is 2.13. The third kappa shape index (κ3) is 4.49. The number of alkyl halides is 1. The molecule has 2 rings (SSSR count). The lowest BCUT2D eigenvalue weighted by molar-refractivity contribution is -0.0680. The smallest absolute Gasteiger partial charge is 0.146 e. The number of halogens is 2. The van der Waals surface area contributed by atoms with Gasteiger partial charge in [-0.1, -0.05) is 0 Å². The molecule has 0 aliphatic carbocycles. The molecule has 0 spiro atoms. The van der Waals surface area contributed by atoms with Crippen LogP contribution >= 0.6 is 22.6 Å². The lowest BCUT2D eigenvalue weighted by atomic mass is 9.97. The maximum Gasteiger partial charge on any atom is 0.146 e. The van der Waals surface area contributed by atoms with Crippen molar-refractivity contribution in [3.63, 3.8) is 0 Å². The number of nitrogens with zero attached hydrogens (tertiary/aromatic N) is 3. The van der Waals surface area contributed by atoms with Crippen LogP contribution in [0.1, 0.15) is 12.8 Å². The fourth-order valence-corrected chi connectivity index (χ4v) is 3.25. The zero-order chi connectivity index (χ0) is 16.9. The van der Waals surface area contributed by atoms with Gasteiger partial charge < -0.3 is 25.3 Å². The SMILES string of the molecule is Nc1ncnc2c1c(I)cn2CCC(O)(CCO)COCCF. The molecular weight excluding hydrogens is 418 g/mol. The summed E-state index contributed by atoms with van der Waals surface area (Å²) >= 11 is 2.16. The molecule has 0 saturated heterocycles. The zero-order valence-electron chi connectivity index (χ0n) is 12.6. The van der Waals surface area contributed by atoms with Gasteiger partial charge in [0.2, 0.25) is 0 Å². The van der Waals surface area contributed by atoms with Crippen LogP contribution in [0.4, 0.5) is 10.2 Å². The van der Waals surface area contributed by atoms with Crippen molar-refractivity contribution in [3.8, 4) is 0 Å². The van der Waals surface area contributed by atoms with Crippen molar-refractivity contribution < 1.29 is 19.3 Å². The van der Waals surface area contributed by atoms with Crippen LogP contribution in [0, 0.1) is 3.57 Å². The Morgan fingerprint density at radius 2 is 2.17 bits per heavy atom. The van der Waals surface area contributed by atoms with Gasteiger partial charge in [-0.05, 0) is 29.0 Å². The van der Waals surface area contributed by atoms with Crippen LogP contribution in [-0.4, -0.2) is 56.8 Å². The summed E-state index contributed by atoms with van der Waals surface area (Å²) in [6.07, 6.45) is 3.78. The summed E-state index contributed by atoms with van der Waals surface area (Å²) in [6, 6.07) is 0. The highest BCUT2D eigenvalue weighted by atomic mass is 127. The standard InChI is InChI=1S/C14H20FIN4O3/c15-3-6-23-8-14(22,2-5-21)1-4-20-7-10(16)11-12(17)18-9-19-13(11)20/h7,9,21-22H,1-6,8H2,(H2,17,18,19). The van der Waals surface area contributed by atoms with E-state index in [2.05, 4.69) is 32.6 Å². The Labute approximate surface area is 146 Å². The number of hydrogen-bond donors (Lipinski definition) is 3. The molecule has 0 fully saturated rings. The number of anilines is 1. The first kappa shape index (κ1) is 18.3. The normalized spacial score (nSPS) is 14.3. The number of aliphatic hydroxyl groups excluding tert-OH is 1. The van der Waals surface area contributed by atoms with Crippen LogP contribution < -0.4 is 5.73 Å². The monoisotopic (exact) mass is 438 g/mol. The Bertz CT molecular complexity index is 654. The number of fused-ring (bicyclic) bond motifs is 1. The van der Waals surface area contributed by atoms with E-state index < -0.39 is 12.3 Å². The molecule has 2 aromatic rings. The van der Waals surface area contributed by atoms with Crippen molar-refractivity contribution in [3.05, 3.63) is 16.1 Å². The average molecular weight is 438 g/mol. The van der Waals surface area contributed by atoms with E-state index in [9.17, 15) is 9.50 Å². The van der Waals surface area contributed by atoms with Crippen molar-refractivity contribution in [2.75, 3.05) is 32.2 Å². The van der Waals surface area contributed by atoms with E-state index in [1.54, 1.807) is 0 Å². The summed E-state index contributed by atoms with van der Waals surface area (Å²) in [7, 11) is 0. The molecule has 23 heavy (non-hydrogen) atoms. The van der Waals surface area contributed by atoms with Gasteiger partial charge in [-0.15, -0.1) is 0 Å². The van der Waals surface area contributed by atoms with Gasteiger partial charge in [-0.3, -0.25) is 0 Å². The highest BCUT2D eigenvalue weighted by Crippen LogP contribution is 2.26. The van der Waals surface area contributed by atoms with Crippen LogP contribution in [0.2, 0.25) is 0 Å². The molecular formula is C14H20FIN4O3. The number of hydrogen-bond acceptors (Lipinski definition) is 6. The molecule has 1 unspecified atom stereocenters. The predicted molar refractivity (Wildman–Crippen MR) is 92.7 cm³/mol. The third-order valence-electron chi connectivity index (χ3n) is 3.62. The lowest BCUT2D eigenvalue weighted by Gasteiger charge is -2.27. The Hall–Kier alpha value is -1.04. The molecule has 0 aromatic carbocycles. The summed E-state index contributed by atoms with van der Waals surface area (Å²) in [5.41, 5.74) is 5.35. The number of rotatable bonds is 9.